The molecular formula is C21H22ClFN6OS. The van der Waals surface area contributed by atoms with E-state index in [1.54, 1.807) is 16.8 Å². The lowest BCUT2D eigenvalue weighted by atomic mass is 10.2. The van der Waals surface area contributed by atoms with Gasteiger partial charge in [-0.1, -0.05) is 47.6 Å². The summed E-state index contributed by atoms with van der Waals surface area (Å²) < 4.78 is 15.7. The van der Waals surface area contributed by atoms with E-state index in [1.165, 1.54) is 17.8 Å². The largest absolute Gasteiger partial charge is 0.339 e. The Balaban J connectivity index is 1.31. The maximum atomic E-state index is 14.0. The number of amides is 1. The summed E-state index contributed by atoms with van der Waals surface area (Å²) in [4.78, 5) is 16.6. The lowest BCUT2D eigenvalue weighted by Gasteiger charge is -2.34. The summed E-state index contributed by atoms with van der Waals surface area (Å²) in [6, 6.07) is 12.5. The Morgan fingerprint density at radius 1 is 1.13 bits per heavy atom. The number of carbonyl (C=O) groups excluding carboxylic acids is 1. The second kappa shape index (κ2) is 9.76. The van der Waals surface area contributed by atoms with Gasteiger partial charge in [0.1, 0.15) is 5.82 Å². The van der Waals surface area contributed by atoms with E-state index < -0.39 is 0 Å². The molecule has 2 aromatic carbocycles. The number of aryl methyl sites for hydroxylation is 1. The number of aromatic nitrogens is 4. The molecule has 0 unspecified atom stereocenters. The van der Waals surface area contributed by atoms with Gasteiger partial charge in [0, 0.05) is 43.3 Å². The third-order valence-electron chi connectivity index (χ3n) is 5.28. The number of hydrogen-bond donors (Lipinski definition) is 0. The van der Waals surface area contributed by atoms with E-state index in [0.29, 0.717) is 48.5 Å². The fraction of sp³-hybridized carbons (Fsp3) is 0.333. The maximum Gasteiger partial charge on any atom is 0.233 e. The minimum Gasteiger partial charge on any atom is -0.339 e. The molecule has 10 heteroatoms. The van der Waals surface area contributed by atoms with Gasteiger partial charge in [0.15, 0.2) is 0 Å². The van der Waals surface area contributed by atoms with Gasteiger partial charge in [0.05, 0.1) is 11.4 Å². The van der Waals surface area contributed by atoms with Crippen molar-refractivity contribution in [2.45, 2.75) is 18.6 Å². The van der Waals surface area contributed by atoms with Crippen LogP contribution in [-0.4, -0.2) is 67.8 Å². The van der Waals surface area contributed by atoms with Crippen LogP contribution in [0.5, 0.6) is 0 Å². The van der Waals surface area contributed by atoms with Crippen molar-refractivity contribution in [3.63, 3.8) is 0 Å². The highest BCUT2D eigenvalue weighted by Crippen LogP contribution is 2.23. The van der Waals surface area contributed by atoms with E-state index in [4.69, 9.17) is 11.6 Å². The van der Waals surface area contributed by atoms with Crippen molar-refractivity contribution < 1.29 is 9.18 Å². The zero-order valence-electron chi connectivity index (χ0n) is 17.0. The van der Waals surface area contributed by atoms with Gasteiger partial charge in [-0.25, -0.2) is 4.39 Å². The Labute approximate surface area is 189 Å². The molecule has 1 aliphatic rings. The molecule has 1 fully saturated rings. The molecule has 7 nitrogen and oxygen atoms in total. The molecule has 0 bridgehead atoms. The van der Waals surface area contributed by atoms with Gasteiger partial charge in [-0.05, 0) is 41.1 Å². The van der Waals surface area contributed by atoms with E-state index in [0.717, 1.165) is 11.3 Å². The van der Waals surface area contributed by atoms with Crippen molar-refractivity contribution in [2.24, 2.45) is 0 Å². The number of rotatable bonds is 6. The summed E-state index contributed by atoms with van der Waals surface area (Å²) in [6.45, 7) is 4.95. The predicted octanol–water partition coefficient (Wildman–Crippen LogP) is 3.20. The quantitative estimate of drug-likeness (QED) is 0.526. The monoisotopic (exact) mass is 460 g/mol. The molecule has 3 aromatic rings. The van der Waals surface area contributed by atoms with Gasteiger partial charge < -0.3 is 4.90 Å². The Bertz CT molecular complexity index is 1050. The van der Waals surface area contributed by atoms with Crippen LogP contribution in [0.2, 0.25) is 5.02 Å². The maximum absolute atomic E-state index is 14.0. The van der Waals surface area contributed by atoms with Crippen LogP contribution in [0.25, 0.3) is 5.69 Å². The average molecular weight is 461 g/mol. The van der Waals surface area contributed by atoms with Crippen LogP contribution in [0, 0.1) is 12.7 Å². The van der Waals surface area contributed by atoms with Crippen molar-refractivity contribution in [1.82, 2.24) is 30.0 Å². The number of nitrogens with zero attached hydrogens (tertiary/aromatic N) is 6. The van der Waals surface area contributed by atoms with Crippen molar-refractivity contribution in [3.8, 4) is 5.69 Å². The van der Waals surface area contributed by atoms with E-state index in [-0.39, 0.29) is 17.5 Å². The van der Waals surface area contributed by atoms with Crippen molar-refractivity contribution in [1.29, 1.82) is 0 Å². The predicted molar refractivity (Wildman–Crippen MR) is 118 cm³/mol. The lowest BCUT2D eigenvalue weighted by Crippen LogP contribution is -2.48. The van der Waals surface area contributed by atoms with E-state index in [9.17, 15) is 9.18 Å². The molecule has 1 aliphatic heterocycles. The van der Waals surface area contributed by atoms with Crippen LogP contribution in [0.1, 0.15) is 11.1 Å². The fourth-order valence-corrected chi connectivity index (χ4v) is 4.51. The summed E-state index contributed by atoms with van der Waals surface area (Å²) in [6.07, 6.45) is 0. The number of thioether (sulfide) groups is 1. The molecule has 0 spiro atoms. The first-order valence-electron chi connectivity index (χ1n) is 9.93. The van der Waals surface area contributed by atoms with Gasteiger partial charge in [0.25, 0.3) is 0 Å². The number of benzene rings is 2. The molecule has 0 N–H and O–H groups in total. The SMILES string of the molecule is Cc1ccccc1-n1nnnc1SCC(=O)N1CCN(Cc2c(F)cccc2Cl)CC1. The molecule has 2 heterocycles. The Morgan fingerprint density at radius 3 is 2.65 bits per heavy atom. The van der Waals surface area contributed by atoms with Gasteiger partial charge in [0.2, 0.25) is 11.1 Å². The number of carbonyl (C=O) groups is 1. The van der Waals surface area contributed by atoms with Crippen LogP contribution < -0.4 is 0 Å². The second-order valence-corrected chi connectivity index (χ2v) is 8.66. The highest BCUT2D eigenvalue weighted by Gasteiger charge is 2.23. The van der Waals surface area contributed by atoms with Crippen molar-refractivity contribution >= 4 is 29.3 Å². The van der Waals surface area contributed by atoms with Crippen LogP contribution in [-0.2, 0) is 11.3 Å². The van der Waals surface area contributed by atoms with Gasteiger partial charge in [-0.2, -0.15) is 4.68 Å². The number of para-hydroxylation sites is 1. The molecule has 0 radical (unpaired) electrons. The third kappa shape index (κ3) is 5.06. The smallest absolute Gasteiger partial charge is 0.233 e. The third-order valence-corrected chi connectivity index (χ3v) is 6.54. The zero-order valence-corrected chi connectivity index (χ0v) is 18.6. The van der Waals surface area contributed by atoms with Crippen LogP contribution in [0.4, 0.5) is 4.39 Å². The summed E-state index contributed by atoms with van der Waals surface area (Å²) in [7, 11) is 0. The number of hydrogen-bond acceptors (Lipinski definition) is 6. The summed E-state index contributed by atoms with van der Waals surface area (Å²) in [5, 5.41) is 12.9. The van der Waals surface area contributed by atoms with Crippen molar-refractivity contribution in [3.05, 3.63) is 64.4 Å². The average Bonchev–Trinajstić information content (AvgIpc) is 3.24. The molecule has 0 saturated carbocycles. The minimum atomic E-state index is -0.297. The molecule has 162 valence electrons. The molecule has 1 amide bonds. The number of halogens is 2. The molecule has 4 rings (SSSR count). The number of piperazine rings is 1. The Kier molecular flexibility index (Phi) is 6.84. The van der Waals surface area contributed by atoms with Crippen molar-refractivity contribution in [2.75, 3.05) is 31.9 Å². The molecular weight excluding hydrogens is 439 g/mol. The summed E-state index contributed by atoms with van der Waals surface area (Å²) in [5.74, 6) is -0.00697. The fourth-order valence-electron chi connectivity index (χ4n) is 3.50. The first kappa shape index (κ1) is 21.7. The standard InChI is InChI=1S/C21H22ClFN6OS/c1-15-5-2-3-8-19(15)29-21(24-25-26-29)31-14-20(30)28-11-9-27(10-12-28)13-16-17(22)6-4-7-18(16)23/h2-8H,9-14H2,1H3. The lowest BCUT2D eigenvalue weighted by molar-refractivity contribution is -0.130. The molecule has 1 aromatic heterocycles. The topological polar surface area (TPSA) is 67.2 Å². The van der Waals surface area contributed by atoms with E-state index in [1.807, 2.05) is 36.1 Å². The molecule has 31 heavy (non-hydrogen) atoms. The van der Waals surface area contributed by atoms with E-state index >= 15 is 0 Å². The normalized spacial score (nSPS) is 14.7. The van der Waals surface area contributed by atoms with E-state index in [2.05, 4.69) is 20.4 Å². The minimum absolute atomic E-state index is 0.0351. The molecule has 0 atom stereocenters. The van der Waals surface area contributed by atoms with Gasteiger partial charge in [-0.15, -0.1) is 5.10 Å². The molecule has 1 saturated heterocycles. The Morgan fingerprint density at radius 2 is 1.90 bits per heavy atom. The van der Waals surface area contributed by atoms with Gasteiger partial charge >= 0.3 is 0 Å². The van der Waals surface area contributed by atoms with Crippen LogP contribution in [0.3, 0.4) is 0 Å². The highest BCUT2D eigenvalue weighted by molar-refractivity contribution is 7.99. The summed E-state index contributed by atoms with van der Waals surface area (Å²) >= 11 is 7.45. The first-order valence-corrected chi connectivity index (χ1v) is 11.3. The summed E-state index contributed by atoms with van der Waals surface area (Å²) in [5.41, 5.74) is 2.44. The van der Waals surface area contributed by atoms with Gasteiger partial charge in [-0.3, -0.25) is 9.69 Å². The van der Waals surface area contributed by atoms with Crippen LogP contribution >= 0.6 is 23.4 Å². The highest BCUT2D eigenvalue weighted by atomic mass is 35.5. The molecule has 0 aliphatic carbocycles. The Hall–Kier alpha value is -2.49. The van der Waals surface area contributed by atoms with Crippen LogP contribution in [0.15, 0.2) is 47.6 Å². The number of tetrazole rings is 1. The first-order chi connectivity index (χ1) is 15.0. The zero-order chi connectivity index (χ0) is 21.8. The second-order valence-electron chi connectivity index (χ2n) is 7.31.